The molecule has 0 atom stereocenters. The molecule has 6 nitrogen and oxygen atoms in total. The fraction of sp³-hybridized carbons (Fsp3) is 0.333. The summed E-state index contributed by atoms with van der Waals surface area (Å²) in [5.41, 5.74) is 2.67. The lowest BCUT2D eigenvalue weighted by Gasteiger charge is -2.30. The van der Waals surface area contributed by atoms with E-state index in [0.29, 0.717) is 23.0 Å². The van der Waals surface area contributed by atoms with E-state index in [9.17, 15) is 9.59 Å². The average molecular weight is 402 g/mol. The molecule has 1 aliphatic rings. The fourth-order valence-electron chi connectivity index (χ4n) is 3.38. The molecular formula is C21H24ClN3O3. The summed E-state index contributed by atoms with van der Waals surface area (Å²) in [7, 11) is 3.28. The normalized spacial score (nSPS) is 13.2. The van der Waals surface area contributed by atoms with Crippen molar-refractivity contribution in [2.75, 3.05) is 44.0 Å². The van der Waals surface area contributed by atoms with Crippen LogP contribution in [0.15, 0.2) is 42.5 Å². The first kappa shape index (κ1) is 20.2. The first-order chi connectivity index (χ1) is 13.5. The van der Waals surface area contributed by atoms with Crippen molar-refractivity contribution in [1.29, 1.82) is 0 Å². The first-order valence-corrected chi connectivity index (χ1v) is 9.56. The number of aryl methyl sites for hydroxylation is 1. The van der Waals surface area contributed by atoms with E-state index in [2.05, 4.69) is 11.4 Å². The third kappa shape index (κ3) is 4.82. The van der Waals surface area contributed by atoms with Crippen LogP contribution >= 0.6 is 11.6 Å². The van der Waals surface area contributed by atoms with Crippen molar-refractivity contribution >= 4 is 34.8 Å². The van der Waals surface area contributed by atoms with E-state index in [1.807, 2.05) is 23.1 Å². The van der Waals surface area contributed by atoms with Crippen molar-refractivity contribution in [1.82, 2.24) is 4.90 Å². The van der Waals surface area contributed by atoms with Crippen LogP contribution in [-0.4, -0.2) is 50.5 Å². The number of methoxy groups -OCH3 is 1. The largest absolute Gasteiger partial charge is 0.495 e. The number of ether oxygens (including phenoxy) is 1. The minimum atomic E-state index is -0.241. The number of amides is 2. The predicted octanol–water partition coefficient (Wildman–Crippen LogP) is 3.20. The molecule has 2 aromatic carbocycles. The van der Waals surface area contributed by atoms with Crippen LogP contribution in [0.3, 0.4) is 0 Å². The van der Waals surface area contributed by atoms with E-state index in [0.717, 1.165) is 18.5 Å². The van der Waals surface area contributed by atoms with Crippen LogP contribution in [0.1, 0.15) is 12.0 Å². The molecule has 0 saturated carbocycles. The van der Waals surface area contributed by atoms with Gasteiger partial charge >= 0.3 is 0 Å². The molecule has 0 aliphatic carbocycles. The van der Waals surface area contributed by atoms with Gasteiger partial charge < -0.3 is 15.0 Å². The van der Waals surface area contributed by atoms with Gasteiger partial charge in [-0.25, -0.2) is 0 Å². The molecule has 148 valence electrons. The van der Waals surface area contributed by atoms with Crippen LogP contribution in [0.2, 0.25) is 5.02 Å². The van der Waals surface area contributed by atoms with E-state index in [1.54, 1.807) is 30.1 Å². The van der Waals surface area contributed by atoms with Gasteiger partial charge in [0.1, 0.15) is 5.75 Å². The van der Waals surface area contributed by atoms with Gasteiger partial charge in [-0.3, -0.25) is 14.5 Å². The Hall–Kier alpha value is -2.57. The highest BCUT2D eigenvalue weighted by Crippen LogP contribution is 2.28. The molecule has 0 radical (unpaired) electrons. The number of hydrogen-bond donors (Lipinski definition) is 1. The molecule has 0 spiro atoms. The number of rotatable bonds is 6. The molecule has 28 heavy (non-hydrogen) atoms. The molecule has 0 fully saturated rings. The van der Waals surface area contributed by atoms with E-state index in [-0.39, 0.29) is 24.9 Å². The smallest absolute Gasteiger partial charge is 0.241 e. The van der Waals surface area contributed by atoms with Crippen LogP contribution in [0.25, 0.3) is 0 Å². The van der Waals surface area contributed by atoms with Gasteiger partial charge in [-0.05, 0) is 49.7 Å². The summed E-state index contributed by atoms with van der Waals surface area (Å²) in [4.78, 5) is 28.7. The highest BCUT2D eigenvalue weighted by Gasteiger charge is 2.23. The number of fused-ring (bicyclic) bond motifs is 1. The van der Waals surface area contributed by atoms with Gasteiger partial charge in [0.2, 0.25) is 11.8 Å². The van der Waals surface area contributed by atoms with Crippen molar-refractivity contribution < 1.29 is 14.3 Å². The monoisotopic (exact) mass is 401 g/mol. The quantitative estimate of drug-likeness (QED) is 0.807. The van der Waals surface area contributed by atoms with E-state index in [4.69, 9.17) is 16.3 Å². The molecule has 2 amide bonds. The zero-order valence-corrected chi connectivity index (χ0v) is 16.8. The van der Waals surface area contributed by atoms with Crippen LogP contribution in [0.5, 0.6) is 5.75 Å². The third-order valence-electron chi connectivity index (χ3n) is 4.67. The van der Waals surface area contributed by atoms with Gasteiger partial charge in [0.05, 0.1) is 25.9 Å². The number of para-hydroxylation sites is 1. The molecule has 0 saturated heterocycles. The van der Waals surface area contributed by atoms with Gasteiger partial charge in [-0.15, -0.1) is 0 Å². The van der Waals surface area contributed by atoms with E-state index >= 15 is 0 Å². The molecular weight excluding hydrogens is 378 g/mol. The van der Waals surface area contributed by atoms with Crippen LogP contribution in [0.4, 0.5) is 11.4 Å². The number of carbonyl (C=O) groups excluding carboxylic acids is 2. The molecule has 3 rings (SSSR count). The van der Waals surface area contributed by atoms with Gasteiger partial charge in [-0.2, -0.15) is 0 Å². The maximum absolute atomic E-state index is 12.8. The summed E-state index contributed by atoms with van der Waals surface area (Å²) >= 11 is 5.99. The molecule has 7 heteroatoms. The van der Waals surface area contributed by atoms with Crippen molar-refractivity contribution in [3.63, 3.8) is 0 Å². The molecule has 0 bridgehead atoms. The Morgan fingerprint density at radius 2 is 2.00 bits per heavy atom. The number of nitrogens with one attached hydrogen (secondary N) is 1. The molecule has 1 N–H and O–H groups in total. The van der Waals surface area contributed by atoms with Crippen molar-refractivity contribution in [3.05, 3.63) is 53.1 Å². The second-order valence-electron chi connectivity index (χ2n) is 6.84. The Kier molecular flexibility index (Phi) is 6.54. The van der Waals surface area contributed by atoms with Gasteiger partial charge in [0.25, 0.3) is 0 Å². The maximum Gasteiger partial charge on any atom is 0.241 e. The standard InChI is InChI=1S/C21H24ClN3O3/c1-24(13-20(26)23-17-12-16(22)9-10-19(17)28-2)14-21(27)25-11-5-7-15-6-3-4-8-18(15)25/h3-4,6,8-10,12H,5,7,11,13-14H2,1-2H3,(H,23,26). The lowest BCUT2D eigenvalue weighted by molar-refractivity contribution is -0.121. The Morgan fingerprint density at radius 3 is 2.79 bits per heavy atom. The first-order valence-electron chi connectivity index (χ1n) is 9.18. The van der Waals surface area contributed by atoms with Crippen LogP contribution < -0.4 is 15.0 Å². The Labute approximate surface area is 170 Å². The van der Waals surface area contributed by atoms with Crippen LogP contribution in [0, 0.1) is 0 Å². The summed E-state index contributed by atoms with van der Waals surface area (Å²) in [6.45, 7) is 0.945. The Balaban J connectivity index is 1.58. The summed E-state index contributed by atoms with van der Waals surface area (Å²) < 4.78 is 5.24. The molecule has 0 unspecified atom stereocenters. The topological polar surface area (TPSA) is 61.9 Å². The summed E-state index contributed by atoms with van der Waals surface area (Å²) in [5, 5.41) is 3.29. The zero-order valence-electron chi connectivity index (χ0n) is 16.1. The summed E-state index contributed by atoms with van der Waals surface area (Å²) in [6.07, 6.45) is 1.93. The van der Waals surface area contributed by atoms with Crippen molar-refractivity contribution in [3.8, 4) is 5.75 Å². The summed E-state index contributed by atoms with van der Waals surface area (Å²) in [5.74, 6) is 0.277. The SMILES string of the molecule is COc1ccc(Cl)cc1NC(=O)CN(C)CC(=O)N1CCCc2ccccc21. The highest BCUT2D eigenvalue weighted by molar-refractivity contribution is 6.31. The minimum absolute atomic E-state index is 0.0113. The predicted molar refractivity (Wildman–Crippen MR) is 111 cm³/mol. The lowest BCUT2D eigenvalue weighted by atomic mass is 10.0. The number of benzene rings is 2. The Morgan fingerprint density at radius 1 is 1.21 bits per heavy atom. The number of likely N-dealkylation sites (N-methyl/N-ethyl adjacent to an activating group) is 1. The van der Waals surface area contributed by atoms with Gasteiger partial charge in [0.15, 0.2) is 0 Å². The maximum atomic E-state index is 12.8. The molecule has 2 aromatic rings. The second-order valence-corrected chi connectivity index (χ2v) is 7.28. The minimum Gasteiger partial charge on any atom is -0.495 e. The Bertz CT molecular complexity index is 872. The number of nitrogens with zero attached hydrogens (tertiary/aromatic N) is 2. The van der Waals surface area contributed by atoms with Crippen molar-refractivity contribution in [2.45, 2.75) is 12.8 Å². The van der Waals surface area contributed by atoms with Crippen molar-refractivity contribution in [2.24, 2.45) is 0 Å². The average Bonchev–Trinajstić information content (AvgIpc) is 2.67. The number of carbonyl (C=O) groups is 2. The second kappa shape index (κ2) is 9.08. The van der Waals surface area contributed by atoms with Gasteiger partial charge in [0, 0.05) is 17.3 Å². The van der Waals surface area contributed by atoms with E-state index in [1.165, 1.54) is 12.7 Å². The van der Waals surface area contributed by atoms with Gasteiger partial charge in [-0.1, -0.05) is 29.8 Å². The van der Waals surface area contributed by atoms with Crippen LogP contribution in [-0.2, 0) is 16.0 Å². The molecule has 1 heterocycles. The zero-order chi connectivity index (χ0) is 20.1. The highest BCUT2D eigenvalue weighted by atomic mass is 35.5. The lowest BCUT2D eigenvalue weighted by Crippen LogP contribution is -2.43. The fourth-order valence-corrected chi connectivity index (χ4v) is 3.55. The number of anilines is 2. The molecule has 0 aromatic heterocycles. The number of hydrogen-bond acceptors (Lipinski definition) is 4. The third-order valence-corrected chi connectivity index (χ3v) is 4.90. The summed E-state index contributed by atoms with van der Waals surface area (Å²) in [6, 6.07) is 13.0. The number of halogens is 1. The molecule has 1 aliphatic heterocycles. The van der Waals surface area contributed by atoms with E-state index < -0.39 is 0 Å².